The van der Waals surface area contributed by atoms with Crippen molar-refractivity contribution in [1.82, 2.24) is 10.3 Å². The van der Waals surface area contributed by atoms with Crippen molar-refractivity contribution in [3.8, 4) is 0 Å². The van der Waals surface area contributed by atoms with Crippen molar-refractivity contribution in [2.24, 2.45) is 0 Å². The van der Waals surface area contributed by atoms with Crippen molar-refractivity contribution in [1.29, 1.82) is 0 Å². The standard InChI is InChI=1S/C16H17FN2O2S/c1-10(14-9-22-11(2)19-14)18-16(21)8-7-15(20)12-3-5-13(17)6-4-12/h3-6,9-10H,7-8H2,1-2H3,(H,18,21). The Morgan fingerprint density at radius 3 is 2.55 bits per heavy atom. The lowest BCUT2D eigenvalue weighted by molar-refractivity contribution is -0.121. The third-order valence-electron chi connectivity index (χ3n) is 3.20. The minimum absolute atomic E-state index is 0.0975. The summed E-state index contributed by atoms with van der Waals surface area (Å²) >= 11 is 1.53. The molecule has 1 N–H and O–H groups in total. The number of rotatable bonds is 6. The molecule has 4 nitrogen and oxygen atoms in total. The van der Waals surface area contributed by atoms with Crippen LogP contribution < -0.4 is 5.32 Å². The average molecular weight is 320 g/mol. The fraction of sp³-hybridized carbons (Fsp3) is 0.312. The summed E-state index contributed by atoms with van der Waals surface area (Å²) in [6, 6.07) is 5.14. The SMILES string of the molecule is Cc1nc(C(C)NC(=O)CCC(=O)c2ccc(F)cc2)cs1. The molecule has 1 heterocycles. The van der Waals surface area contributed by atoms with Gasteiger partial charge in [0.15, 0.2) is 5.78 Å². The van der Waals surface area contributed by atoms with E-state index < -0.39 is 0 Å². The highest BCUT2D eigenvalue weighted by Gasteiger charge is 2.14. The first-order valence-electron chi connectivity index (χ1n) is 6.96. The van der Waals surface area contributed by atoms with Gasteiger partial charge in [0.1, 0.15) is 5.82 Å². The van der Waals surface area contributed by atoms with Crippen LogP contribution in [0, 0.1) is 12.7 Å². The summed E-state index contributed by atoms with van der Waals surface area (Å²) < 4.78 is 12.8. The number of carbonyl (C=O) groups excluding carboxylic acids is 2. The summed E-state index contributed by atoms with van der Waals surface area (Å²) in [6.07, 6.45) is 0.198. The van der Waals surface area contributed by atoms with Crippen molar-refractivity contribution < 1.29 is 14.0 Å². The topological polar surface area (TPSA) is 59.1 Å². The lowest BCUT2D eigenvalue weighted by Gasteiger charge is -2.11. The van der Waals surface area contributed by atoms with Crippen LogP contribution in [0.2, 0.25) is 0 Å². The second-order valence-electron chi connectivity index (χ2n) is 5.01. The Hall–Kier alpha value is -2.08. The fourth-order valence-electron chi connectivity index (χ4n) is 1.97. The molecule has 1 unspecified atom stereocenters. The van der Waals surface area contributed by atoms with Crippen LogP contribution in [-0.4, -0.2) is 16.7 Å². The summed E-state index contributed by atoms with van der Waals surface area (Å²) in [5.41, 5.74) is 1.23. The van der Waals surface area contributed by atoms with Crippen LogP contribution in [0.5, 0.6) is 0 Å². The summed E-state index contributed by atoms with van der Waals surface area (Å²) in [7, 11) is 0. The Labute approximate surface area is 132 Å². The van der Waals surface area contributed by atoms with E-state index in [2.05, 4.69) is 10.3 Å². The maximum atomic E-state index is 12.8. The number of aryl methyl sites for hydroxylation is 1. The van der Waals surface area contributed by atoms with E-state index in [1.165, 1.54) is 35.6 Å². The molecule has 0 saturated heterocycles. The molecule has 0 aliphatic carbocycles. The van der Waals surface area contributed by atoms with Gasteiger partial charge in [-0.2, -0.15) is 0 Å². The quantitative estimate of drug-likeness (QED) is 0.830. The van der Waals surface area contributed by atoms with Gasteiger partial charge in [-0.25, -0.2) is 9.37 Å². The number of hydrogen-bond donors (Lipinski definition) is 1. The molecule has 2 aromatic rings. The number of amides is 1. The highest BCUT2D eigenvalue weighted by Crippen LogP contribution is 2.16. The first-order valence-corrected chi connectivity index (χ1v) is 7.84. The van der Waals surface area contributed by atoms with E-state index in [1.807, 2.05) is 19.2 Å². The second-order valence-corrected chi connectivity index (χ2v) is 6.07. The van der Waals surface area contributed by atoms with Gasteiger partial charge in [0, 0.05) is 23.8 Å². The molecule has 1 amide bonds. The molecule has 0 fully saturated rings. The number of nitrogens with one attached hydrogen (secondary N) is 1. The molecule has 22 heavy (non-hydrogen) atoms. The van der Waals surface area contributed by atoms with E-state index in [4.69, 9.17) is 0 Å². The highest BCUT2D eigenvalue weighted by molar-refractivity contribution is 7.09. The molecule has 1 atom stereocenters. The molecular formula is C16H17FN2O2S. The van der Waals surface area contributed by atoms with Crippen LogP contribution in [0.4, 0.5) is 4.39 Å². The van der Waals surface area contributed by atoms with Crippen LogP contribution in [-0.2, 0) is 4.79 Å². The zero-order valence-electron chi connectivity index (χ0n) is 12.4. The molecule has 0 aliphatic rings. The first kappa shape index (κ1) is 16.3. The molecule has 0 aliphatic heterocycles. The minimum atomic E-state index is -0.387. The smallest absolute Gasteiger partial charge is 0.220 e. The van der Waals surface area contributed by atoms with Gasteiger partial charge in [0.25, 0.3) is 0 Å². The highest BCUT2D eigenvalue weighted by atomic mass is 32.1. The van der Waals surface area contributed by atoms with Crippen LogP contribution >= 0.6 is 11.3 Å². The van der Waals surface area contributed by atoms with Crippen LogP contribution in [0.3, 0.4) is 0 Å². The third-order valence-corrected chi connectivity index (χ3v) is 3.99. The number of Topliss-reactive ketones (excluding diaryl/α,β-unsaturated/α-hetero) is 1. The molecule has 0 bridgehead atoms. The van der Waals surface area contributed by atoms with Gasteiger partial charge in [-0.05, 0) is 38.1 Å². The maximum Gasteiger partial charge on any atom is 0.220 e. The Morgan fingerprint density at radius 1 is 1.27 bits per heavy atom. The Morgan fingerprint density at radius 2 is 1.95 bits per heavy atom. The molecule has 1 aromatic heterocycles. The lowest BCUT2D eigenvalue weighted by atomic mass is 10.1. The van der Waals surface area contributed by atoms with Crippen LogP contribution in [0.1, 0.15) is 46.9 Å². The van der Waals surface area contributed by atoms with Gasteiger partial charge in [0.05, 0.1) is 16.7 Å². The Balaban J connectivity index is 1.82. The monoisotopic (exact) mass is 320 g/mol. The average Bonchev–Trinajstić information content (AvgIpc) is 2.92. The zero-order valence-corrected chi connectivity index (χ0v) is 13.2. The Kier molecular flexibility index (Phi) is 5.38. The lowest BCUT2D eigenvalue weighted by Crippen LogP contribution is -2.27. The number of benzene rings is 1. The van der Waals surface area contributed by atoms with E-state index in [-0.39, 0.29) is 36.4 Å². The van der Waals surface area contributed by atoms with Gasteiger partial charge in [-0.1, -0.05) is 0 Å². The van der Waals surface area contributed by atoms with Crippen molar-refractivity contribution in [2.75, 3.05) is 0 Å². The van der Waals surface area contributed by atoms with E-state index >= 15 is 0 Å². The summed E-state index contributed by atoms with van der Waals surface area (Å²) in [5, 5.41) is 5.67. The predicted octanol–water partition coefficient (Wildman–Crippen LogP) is 3.43. The summed E-state index contributed by atoms with van der Waals surface area (Å²) in [5.74, 6) is -0.761. The van der Waals surface area contributed by atoms with E-state index in [0.29, 0.717) is 5.56 Å². The number of carbonyl (C=O) groups is 2. The van der Waals surface area contributed by atoms with Crippen LogP contribution in [0.25, 0.3) is 0 Å². The fourth-order valence-corrected chi connectivity index (χ4v) is 2.68. The number of nitrogens with zero attached hydrogens (tertiary/aromatic N) is 1. The molecular weight excluding hydrogens is 303 g/mol. The number of thiazole rings is 1. The van der Waals surface area contributed by atoms with Gasteiger partial charge in [0.2, 0.25) is 5.91 Å². The second kappa shape index (κ2) is 7.26. The number of halogens is 1. The predicted molar refractivity (Wildman–Crippen MR) is 83.4 cm³/mol. The van der Waals surface area contributed by atoms with Crippen molar-refractivity contribution >= 4 is 23.0 Å². The van der Waals surface area contributed by atoms with E-state index in [9.17, 15) is 14.0 Å². The van der Waals surface area contributed by atoms with Gasteiger partial charge < -0.3 is 5.32 Å². The van der Waals surface area contributed by atoms with Gasteiger partial charge in [-0.3, -0.25) is 9.59 Å². The number of hydrogen-bond acceptors (Lipinski definition) is 4. The van der Waals surface area contributed by atoms with Crippen LogP contribution in [0.15, 0.2) is 29.6 Å². The van der Waals surface area contributed by atoms with Crippen molar-refractivity contribution in [3.05, 3.63) is 51.7 Å². The molecule has 0 spiro atoms. The zero-order chi connectivity index (χ0) is 16.1. The molecule has 1 aromatic carbocycles. The third kappa shape index (κ3) is 4.46. The molecule has 116 valence electrons. The van der Waals surface area contributed by atoms with Gasteiger partial charge >= 0.3 is 0 Å². The van der Waals surface area contributed by atoms with E-state index in [0.717, 1.165) is 10.7 Å². The minimum Gasteiger partial charge on any atom is -0.348 e. The van der Waals surface area contributed by atoms with Gasteiger partial charge in [-0.15, -0.1) is 11.3 Å². The normalized spacial score (nSPS) is 12.0. The van der Waals surface area contributed by atoms with E-state index in [1.54, 1.807) is 0 Å². The first-order chi connectivity index (χ1) is 10.5. The number of aromatic nitrogens is 1. The molecule has 0 radical (unpaired) electrons. The molecule has 0 saturated carbocycles. The maximum absolute atomic E-state index is 12.8. The molecule has 2 rings (SSSR count). The Bertz CT molecular complexity index is 667. The largest absolute Gasteiger partial charge is 0.348 e. The summed E-state index contributed by atoms with van der Waals surface area (Å²) in [6.45, 7) is 3.76. The summed E-state index contributed by atoms with van der Waals surface area (Å²) in [4.78, 5) is 28.1. The van der Waals surface area contributed by atoms with Crippen molar-refractivity contribution in [2.45, 2.75) is 32.7 Å². The number of ketones is 1. The molecule has 6 heteroatoms. The van der Waals surface area contributed by atoms with Crippen molar-refractivity contribution in [3.63, 3.8) is 0 Å².